The highest BCUT2D eigenvalue weighted by Crippen LogP contribution is 2.17. The number of aromatic nitrogens is 1. The number of nitrogens with one attached hydrogen (secondary N) is 1. The first-order chi connectivity index (χ1) is 6.79. The molecule has 0 bridgehead atoms. The van der Waals surface area contributed by atoms with Gasteiger partial charge in [-0.2, -0.15) is 0 Å². The van der Waals surface area contributed by atoms with Crippen molar-refractivity contribution in [2.45, 2.75) is 19.4 Å². The molecule has 3 heteroatoms. The minimum atomic E-state index is 0.623. The molecular weight excluding hydrogens is 174 g/mol. The Morgan fingerprint density at radius 1 is 1.50 bits per heavy atom. The molecule has 2 heterocycles. The van der Waals surface area contributed by atoms with Gasteiger partial charge in [0.25, 0.3) is 0 Å². The molecule has 0 radical (unpaired) electrons. The Kier molecular flexibility index (Phi) is 2.68. The molecule has 1 aliphatic heterocycles. The van der Waals surface area contributed by atoms with E-state index in [0.29, 0.717) is 6.04 Å². The van der Waals surface area contributed by atoms with E-state index in [1.165, 1.54) is 6.42 Å². The highest BCUT2D eigenvalue weighted by Gasteiger charge is 2.21. The number of nitrogens with zero attached hydrogens (tertiary/aromatic N) is 2. The van der Waals surface area contributed by atoms with Crippen molar-refractivity contribution in [1.82, 2.24) is 10.3 Å². The number of rotatable bonds is 2. The lowest BCUT2D eigenvalue weighted by molar-refractivity contribution is 0.616. The smallest absolute Gasteiger partial charge is 0.128 e. The first kappa shape index (κ1) is 9.46. The minimum Gasteiger partial charge on any atom is -0.355 e. The predicted octanol–water partition coefficient (Wildman–Crippen LogP) is 1.19. The molecule has 1 N–H and O–H groups in total. The van der Waals surface area contributed by atoms with E-state index in [9.17, 15) is 0 Å². The molecule has 1 unspecified atom stereocenters. The number of pyridine rings is 1. The molecule has 2 rings (SSSR count). The van der Waals surface area contributed by atoms with Crippen LogP contribution in [0.5, 0.6) is 0 Å². The van der Waals surface area contributed by atoms with Crippen LogP contribution in [0.4, 0.5) is 5.82 Å². The first-order valence-electron chi connectivity index (χ1n) is 5.15. The van der Waals surface area contributed by atoms with Gasteiger partial charge < -0.3 is 10.2 Å². The van der Waals surface area contributed by atoms with Gasteiger partial charge >= 0.3 is 0 Å². The Bertz CT molecular complexity index is 311. The normalized spacial score (nSPS) is 21.6. The molecule has 1 aromatic rings. The van der Waals surface area contributed by atoms with E-state index in [-0.39, 0.29) is 0 Å². The summed E-state index contributed by atoms with van der Waals surface area (Å²) < 4.78 is 0. The molecule has 14 heavy (non-hydrogen) atoms. The average Bonchev–Trinajstić information content (AvgIpc) is 2.66. The van der Waals surface area contributed by atoms with Crippen molar-refractivity contribution in [2.75, 3.05) is 25.0 Å². The molecule has 0 spiro atoms. The molecule has 1 atom stereocenters. The fourth-order valence-electron chi connectivity index (χ4n) is 1.91. The van der Waals surface area contributed by atoms with Crippen LogP contribution in [0, 0.1) is 6.92 Å². The quantitative estimate of drug-likeness (QED) is 0.761. The standard InChI is InChI=1S/C11H17N3/c1-9-4-3-5-11(13-9)14-7-6-10(8-14)12-2/h3-5,10,12H,6-8H2,1-2H3. The van der Waals surface area contributed by atoms with Crippen molar-refractivity contribution in [3.63, 3.8) is 0 Å². The van der Waals surface area contributed by atoms with Gasteiger partial charge in [-0.1, -0.05) is 6.07 Å². The van der Waals surface area contributed by atoms with Crippen LogP contribution in [-0.4, -0.2) is 31.2 Å². The molecule has 1 saturated heterocycles. The molecule has 76 valence electrons. The third-order valence-corrected chi connectivity index (χ3v) is 2.79. The van der Waals surface area contributed by atoms with E-state index >= 15 is 0 Å². The third-order valence-electron chi connectivity index (χ3n) is 2.79. The SMILES string of the molecule is CNC1CCN(c2cccc(C)n2)C1. The summed E-state index contributed by atoms with van der Waals surface area (Å²) in [5, 5.41) is 3.31. The van der Waals surface area contributed by atoms with E-state index in [0.717, 1.165) is 24.6 Å². The van der Waals surface area contributed by atoms with Crippen molar-refractivity contribution in [2.24, 2.45) is 0 Å². The number of hydrogen-bond donors (Lipinski definition) is 1. The van der Waals surface area contributed by atoms with Crippen molar-refractivity contribution >= 4 is 5.82 Å². The van der Waals surface area contributed by atoms with Gasteiger partial charge in [0.05, 0.1) is 0 Å². The molecule has 0 amide bonds. The number of hydrogen-bond acceptors (Lipinski definition) is 3. The molecule has 1 fully saturated rings. The number of anilines is 1. The van der Waals surface area contributed by atoms with Crippen molar-refractivity contribution in [1.29, 1.82) is 0 Å². The summed E-state index contributed by atoms with van der Waals surface area (Å²) >= 11 is 0. The molecule has 0 aromatic carbocycles. The van der Waals surface area contributed by atoms with Crippen LogP contribution in [0.3, 0.4) is 0 Å². The van der Waals surface area contributed by atoms with E-state index in [2.05, 4.69) is 27.3 Å². The average molecular weight is 191 g/mol. The highest BCUT2D eigenvalue weighted by molar-refractivity contribution is 5.40. The Morgan fingerprint density at radius 3 is 3.00 bits per heavy atom. The molecule has 3 nitrogen and oxygen atoms in total. The summed E-state index contributed by atoms with van der Waals surface area (Å²) in [6.45, 7) is 4.23. The lowest BCUT2D eigenvalue weighted by Gasteiger charge is -2.17. The Morgan fingerprint density at radius 2 is 2.36 bits per heavy atom. The number of likely N-dealkylation sites (N-methyl/N-ethyl adjacent to an activating group) is 1. The topological polar surface area (TPSA) is 28.2 Å². The largest absolute Gasteiger partial charge is 0.355 e. The van der Waals surface area contributed by atoms with Crippen molar-refractivity contribution in [3.05, 3.63) is 23.9 Å². The molecule has 1 aromatic heterocycles. The minimum absolute atomic E-state index is 0.623. The Hall–Kier alpha value is -1.09. The van der Waals surface area contributed by atoms with Crippen molar-refractivity contribution < 1.29 is 0 Å². The van der Waals surface area contributed by atoms with Gasteiger partial charge in [-0.25, -0.2) is 4.98 Å². The van der Waals surface area contributed by atoms with Gasteiger partial charge in [0.2, 0.25) is 0 Å². The molecule has 0 saturated carbocycles. The van der Waals surface area contributed by atoms with E-state index in [4.69, 9.17) is 0 Å². The van der Waals surface area contributed by atoms with E-state index in [1.54, 1.807) is 0 Å². The van der Waals surface area contributed by atoms with Crippen LogP contribution in [0.15, 0.2) is 18.2 Å². The summed E-state index contributed by atoms with van der Waals surface area (Å²) in [5.74, 6) is 1.11. The zero-order valence-corrected chi connectivity index (χ0v) is 8.83. The highest BCUT2D eigenvalue weighted by atomic mass is 15.2. The van der Waals surface area contributed by atoms with Gasteiger partial charge in [0.15, 0.2) is 0 Å². The fourth-order valence-corrected chi connectivity index (χ4v) is 1.91. The summed E-state index contributed by atoms with van der Waals surface area (Å²) in [6.07, 6.45) is 1.21. The number of aryl methyl sites for hydroxylation is 1. The lowest BCUT2D eigenvalue weighted by atomic mass is 10.3. The maximum atomic E-state index is 4.52. The first-order valence-corrected chi connectivity index (χ1v) is 5.15. The molecule has 1 aliphatic rings. The van der Waals surface area contributed by atoms with Crippen LogP contribution >= 0.6 is 0 Å². The van der Waals surface area contributed by atoms with Crippen molar-refractivity contribution in [3.8, 4) is 0 Å². The van der Waals surface area contributed by atoms with Crippen LogP contribution in [-0.2, 0) is 0 Å². The monoisotopic (exact) mass is 191 g/mol. The summed E-state index contributed by atoms with van der Waals surface area (Å²) in [6, 6.07) is 6.82. The zero-order valence-electron chi connectivity index (χ0n) is 8.83. The summed E-state index contributed by atoms with van der Waals surface area (Å²) in [7, 11) is 2.03. The van der Waals surface area contributed by atoms with Gasteiger partial charge in [-0.3, -0.25) is 0 Å². The van der Waals surface area contributed by atoms with E-state index in [1.807, 2.05) is 20.0 Å². The van der Waals surface area contributed by atoms with Gasteiger partial charge in [-0.15, -0.1) is 0 Å². The van der Waals surface area contributed by atoms with Crippen LogP contribution in [0.1, 0.15) is 12.1 Å². The second kappa shape index (κ2) is 3.96. The predicted molar refractivity (Wildman–Crippen MR) is 58.7 cm³/mol. The Labute approximate surface area is 85.1 Å². The van der Waals surface area contributed by atoms with Crippen LogP contribution in [0.2, 0.25) is 0 Å². The molecule has 0 aliphatic carbocycles. The third kappa shape index (κ3) is 1.87. The lowest BCUT2D eigenvalue weighted by Crippen LogP contribution is -2.29. The maximum absolute atomic E-state index is 4.52. The second-order valence-corrected chi connectivity index (χ2v) is 3.86. The molecular formula is C11H17N3. The zero-order chi connectivity index (χ0) is 9.97. The van der Waals surface area contributed by atoms with Crippen LogP contribution < -0.4 is 10.2 Å². The fraction of sp³-hybridized carbons (Fsp3) is 0.545. The second-order valence-electron chi connectivity index (χ2n) is 3.86. The summed E-state index contributed by atoms with van der Waals surface area (Å²) in [5.41, 5.74) is 1.09. The summed E-state index contributed by atoms with van der Waals surface area (Å²) in [4.78, 5) is 6.86. The Balaban J connectivity index is 2.09. The van der Waals surface area contributed by atoms with Gasteiger partial charge in [0, 0.05) is 24.8 Å². The van der Waals surface area contributed by atoms with E-state index < -0.39 is 0 Å². The van der Waals surface area contributed by atoms with Crippen LogP contribution in [0.25, 0.3) is 0 Å². The van der Waals surface area contributed by atoms with Gasteiger partial charge in [-0.05, 0) is 32.5 Å². The van der Waals surface area contributed by atoms with Gasteiger partial charge in [0.1, 0.15) is 5.82 Å². The maximum Gasteiger partial charge on any atom is 0.128 e.